The maximum Gasteiger partial charge on any atom is 0.00211 e. The van der Waals surface area contributed by atoms with E-state index in [1.54, 1.807) is 0 Å². The molecule has 1 unspecified atom stereocenters. The van der Waals surface area contributed by atoms with E-state index < -0.39 is 0 Å². The van der Waals surface area contributed by atoms with Gasteiger partial charge in [-0.3, -0.25) is 0 Å². The lowest BCUT2D eigenvalue weighted by atomic mass is 10.3. The first-order valence-electron chi connectivity index (χ1n) is 3.82. The minimum absolute atomic E-state index is 0.798. The summed E-state index contributed by atoms with van der Waals surface area (Å²) in [6.07, 6.45) is 2.68. The van der Waals surface area contributed by atoms with E-state index in [-0.39, 0.29) is 0 Å². The van der Waals surface area contributed by atoms with Crippen LogP contribution >= 0.6 is 11.8 Å². The normalized spacial score (nSPS) is 14.3. The van der Waals surface area contributed by atoms with Gasteiger partial charge >= 0.3 is 0 Å². The molecule has 56 valence electrons. The van der Waals surface area contributed by atoms with Crippen molar-refractivity contribution < 1.29 is 0 Å². The predicted octanol–water partition coefficient (Wildman–Crippen LogP) is 3.32. The summed E-state index contributed by atoms with van der Waals surface area (Å²) in [7, 11) is 0. The molecule has 0 heterocycles. The second-order valence-electron chi connectivity index (χ2n) is 2.78. The summed E-state index contributed by atoms with van der Waals surface area (Å²) in [5, 5.41) is 1.65. The fourth-order valence-electron chi connectivity index (χ4n) is 0.939. The fourth-order valence-corrected chi connectivity index (χ4v) is 2.24. The summed E-state index contributed by atoms with van der Waals surface area (Å²) in [5.74, 6) is 0. The van der Waals surface area contributed by atoms with Gasteiger partial charge in [-0.1, -0.05) is 34.1 Å². The lowest BCUT2D eigenvalue weighted by molar-refractivity contribution is 0.783. The van der Waals surface area contributed by atoms with Gasteiger partial charge in [-0.15, -0.1) is 0 Å². The number of hydrogen-bond acceptors (Lipinski definition) is 1. The Balaban J connectivity index is 3.15. The van der Waals surface area contributed by atoms with Crippen LogP contribution in [0.25, 0.3) is 0 Å². The zero-order chi connectivity index (χ0) is 7.28. The Hall–Kier alpha value is 0.350. The summed E-state index contributed by atoms with van der Waals surface area (Å²) in [4.78, 5) is 0. The van der Waals surface area contributed by atoms with Crippen molar-refractivity contribution in [2.24, 2.45) is 0 Å². The lowest BCUT2D eigenvalue weighted by Crippen LogP contribution is -2.00. The van der Waals surface area contributed by atoms with Gasteiger partial charge in [0.15, 0.2) is 0 Å². The van der Waals surface area contributed by atoms with Gasteiger partial charge in [0.2, 0.25) is 0 Å². The van der Waals surface area contributed by atoms with Crippen molar-refractivity contribution in [1.82, 2.24) is 0 Å². The quantitative estimate of drug-likeness (QED) is 0.586. The Morgan fingerprint density at radius 3 is 2.11 bits per heavy atom. The highest BCUT2D eigenvalue weighted by Gasteiger charge is 2.02. The van der Waals surface area contributed by atoms with E-state index in [2.05, 4.69) is 39.5 Å². The van der Waals surface area contributed by atoms with Gasteiger partial charge in [0.25, 0.3) is 0 Å². The molecule has 0 aromatic rings. The van der Waals surface area contributed by atoms with E-state index in [0.29, 0.717) is 0 Å². The predicted molar refractivity (Wildman–Crippen MR) is 47.1 cm³/mol. The van der Waals surface area contributed by atoms with Gasteiger partial charge in [-0.05, 0) is 11.7 Å². The minimum Gasteiger partial charge on any atom is -0.156 e. The SMILES string of the molecule is CCCC(C)SC(C)C. The summed E-state index contributed by atoms with van der Waals surface area (Å²) < 4.78 is 0. The Morgan fingerprint density at radius 1 is 1.22 bits per heavy atom. The molecule has 0 spiro atoms. The number of thioether (sulfide) groups is 1. The highest BCUT2D eigenvalue weighted by Crippen LogP contribution is 2.19. The van der Waals surface area contributed by atoms with Crippen LogP contribution in [0.4, 0.5) is 0 Å². The maximum atomic E-state index is 2.31. The van der Waals surface area contributed by atoms with E-state index >= 15 is 0 Å². The molecule has 1 heteroatoms. The average molecular weight is 146 g/mol. The van der Waals surface area contributed by atoms with Crippen LogP contribution in [-0.4, -0.2) is 10.5 Å². The van der Waals surface area contributed by atoms with Crippen LogP contribution in [0.15, 0.2) is 0 Å². The Bertz CT molecular complexity index is 59.6. The van der Waals surface area contributed by atoms with E-state index in [9.17, 15) is 0 Å². The largest absolute Gasteiger partial charge is 0.156 e. The third-order valence-corrected chi connectivity index (χ3v) is 2.44. The van der Waals surface area contributed by atoms with Crippen LogP contribution in [0.2, 0.25) is 0 Å². The molecule has 0 saturated carbocycles. The molecule has 0 saturated heterocycles. The molecule has 0 nitrogen and oxygen atoms in total. The van der Waals surface area contributed by atoms with Crippen LogP contribution in [0.3, 0.4) is 0 Å². The van der Waals surface area contributed by atoms with E-state index in [0.717, 1.165) is 10.5 Å². The van der Waals surface area contributed by atoms with Gasteiger partial charge in [-0.25, -0.2) is 0 Å². The molecule has 0 aliphatic heterocycles. The molecular formula is C8H18S. The standard InChI is InChI=1S/C8H18S/c1-5-6-8(4)9-7(2)3/h7-8H,5-6H2,1-4H3. The van der Waals surface area contributed by atoms with Crippen molar-refractivity contribution in [1.29, 1.82) is 0 Å². The summed E-state index contributed by atoms with van der Waals surface area (Å²) in [6.45, 7) is 9.08. The van der Waals surface area contributed by atoms with Gasteiger partial charge in [0.1, 0.15) is 0 Å². The first kappa shape index (κ1) is 9.35. The van der Waals surface area contributed by atoms with Crippen molar-refractivity contribution in [2.75, 3.05) is 0 Å². The molecule has 0 amide bonds. The molecule has 0 aliphatic rings. The van der Waals surface area contributed by atoms with Gasteiger partial charge < -0.3 is 0 Å². The highest BCUT2D eigenvalue weighted by molar-refractivity contribution is 8.00. The van der Waals surface area contributed by atoms with E-state index in [4.69, 9.17) is 0 Å². The maximum absolute atomic E-state index is 2.31. The highest BCUT2D eigenvalue weighted by atomic mass is 32.2. The topological polar surface area (TPSA) is 0 Å². The van der Waals surface area contributed by atoms with Crippen LogP contribution < -0.4 is 0 Å². The van der Waals surface area contributed by atoms with Crippen LogP contribution in [0.1, 0.15) is 40.5 Å². The second kappa shape index (κ2) is 5.16. The molecule has 0 N–H and O–H groups in total. The molecule has 0 aromatic heterocycles. The molecule has 0 radical (unpaired) electrons. The van der Waals surface area contributed by atoms with E-state index in [1.807, 2.05) is 0 Å². The van der Waals surface area contributed by atoms with Crippen molar-refractivity contribution >= 4 is 11.8 Å². The van der Waals surface area contributed by atoms with Crippen LogP contribution in [0.5, 0.6) is 0 Å². The zero-order valence-electron chi connectivity index (χ0n) is 6.98. The molecule has 9 heavy (non-hydrogen) atoms. The van der Waals surface area contributed by atoms with Gasteiger partial charge in [0.05, 0.1) is 0 Å². The molecule has 0 fully saturated rings. The minimum atomic E-state index is 0.798. The second-order valence-corrected chi connectivity index (χ2v) is 4.80. The van der Waals surface area contributed by atoms with Crippen LogP contribution in [0, 0.1) is 0 Å². The monoisotopic (exact) mass is 146 g/mol. The summed E-state index contributed by atoms with van der Waals surface area (Å²) >= 11 is 2.08. The fraction of sp³-hybridized carbons (Fsp3) is 1.00. The number of rotatable bonds is 4. The molecule has 1 atom stereocenters. The Labute approximate surface area is 63.4 Å². The van der Waals surface area contributed by atoms with Crippen molar-refractivity contribution in [3.63, 3.8) is 0 Å². The average Bonchev–Trinajstić information content (AvgIpc) is 1.63. The third-order valence-electron chi connectivity index (χ3n) is 1.20. The smallest absolute Gasteiger partial charge is 0.00211 e. The molecule has 0 aromatic carbocycles. The van der Waals surface area contributed by atoms with Crippen LogP contribution in [-0.2, 0) is 0 Å². The summed E-state index contributed by atoms with van der Waals surface area (Å²) in [5.41, 5.74) is 0. The molecule has 0 aliphatic carbocycles. The Morgan fingerprint density at radius 2 is 1.78 bits per heavy atom. The first-order chi connectivity index (χ1) is 4.16. The first-order valence-corrected chi connectivity index (χ1v) is 4.76. The van der Waals surface area contributed by atoms with Crippen molar-refractivity contribution in [3.8, 4) is 0 Å². The van der Waals surface area contributed by atoms with Crippen molar-refractivity contribution in [3.05, 3.63) is 0 Å². The summed E-state index contributed by atoms with van der Waals surface area (Å²) in [6, 6.07) is 0. The molecule has 0 rings (SSSR count). The van der Waals surface area contributed by atoms with Crippen molar-refractivity contribution in [2.45, 2.75) is 51.0 Å². The lowest BCUT2D eigenvalue weighted by Gasteiger charge is -2.11. The molecular weight excluding hydrogens is 128 g/mol. The zero-order valence-corrected chi connectivity index (χ0v) is 7.79. The number of hydrogen-bond donors (Lipinski definition) is 0. The Kier molecular flexibility index (Phi) is 5.36. The van der Waals surface area contributed by atoms with E-state index in [1.165, 1.54) is 12.8 Å². The third kappa shape index (κ3) is 6.23. The van der Waals surface area contributed by atoms with Gasteiger partial charge in [-0.2, -0.15) is 11.8 Å². The van der Waals surface area contributed by atoms with Gasteiger partial charge in [0, 0.05) is 5.25 Å². The molecule has 0 bridgehead atoms.